The summed E-state index contributed by atoms with van der Waals surface area (Å²) in [4.78, 5) is 22.5. The highest BCUT2D eigenvalue weighted by atomic mass is 79.9. The average Bonchev–Trinajstić information content (AvgIpc) is 2.79. The Morgan fingerprint density at radius 2 is 2.00 bits per heavy atom. The number of non-ortho nitro benzene ring substituents is 1. The van der Waals surface area contributed by atoms with Gasteiger partial charge in [0.25, 0.3) is 11.6 Å². The summed E-state index contributed by atoms with van der Waals surface area (Å²) in [5.41, 5.74) is 3.74. The van der Waals surface area contributed by atoms with Gasteiger partial charge in [0.2, 0.25) is 0 Å². The number of hydrogen-bond acceptors (Lipinski definition) is 6. The Kier molecular flexibility index (Phi) is 7.80. The molecule has 0 aliphatic rings. The minimum atomic E-state index is -0.573. The van der Waals surface area contributed by atoms with Gasteiger partial charge in [0, 0.05) is 28.3 Å². The molecule has 8 nitrogen and oxygen atoms in total. The van der Waals surface area contributed by atoms with Crippen LogP contribution in [0, 0.1) is 10.1 Å². The maximum absolute atomic E-state index is 12.2. The minimum absolute atomic E-state index is 0.124. The van der Waals surface area contributed by atoms with E-state index in [0.29, 0.717) is 26.6 Å². The third-order valence-corrected chi connectivity index (χ3v) is 5.24. The fraction of sp³-hybridized carbons (Fsp3) is 0.0909. The number of rotatable bonds is 8. The molecule has 1 N–H and O–H groups in total. The number of nitrogens with one attached hydrogen (secondary N) is 1. The highest BCUT2D eigenvalue weighted by molar-refractivity contribution is 9.10. The molecule has 0 unspecified atom stereocenters. The molecule has 0 heterocycles. The Balaban J connectivity index is 1.70. The van der Waals surface area contributed by atoms with Crippen LogP contribution >= 0.6 is 27.5 Å². The molecule has 10 heteroatoms. The first-order valence-corrected chi connectivity index (χ1v) is 10.4. The normalized spacial score (nSPS) is 10.7. The van der Waals surface area contributed by atoms with Crippen molar-refractivity contribution >= 4 is 45.3 Å². The van der Waals surface area contributed by atoms with Crippen molar-refractivity contribution in [1.29, 1.82) is 0 Å². The van der Waals surface area contributed by atoms with E-state index in [4.69, 9.17) is 21.1 Å². The lowest BCUT2D eigenvalue weighted by Gasteiger charge is -2.14. The fourth-order valence-corrected chi connectivity index (χ4v) is 3.47. The van der Waals surface area contributed by atoms with E-state index in [9.17, 15) is 14.9 Å². The summed E-state index contributed by atoms with van der Waals surface area (Å²) in [6.07, 6.45) is 1.42. The molecule has 0 aromatic heterocycles. The van der Waals surface area contributed by atoms with Gasteiger partial charge in [-0.2, -0.15) is 5.10 Å². The van der Waals surface area contributed by atoms with Crippen LogP contribution in [0.5, 0.6) is 11.5 Å². The molecule has 1 amide bonds. The molecular formula is C22H17BrClN3O5. The highest BCUT2D eigenvalue weighted by Crippen LogP contribution is 2.37. The molecule has 3 aromatic carbocycles. The van der Waals surface area contributed by atoms with Crippen LogP contribution in [0.2, 0.25) is 5.02 Å². The van der Waals surface area contributed by atoms with Crippen molar-refractivity contribution in [3.8, 4) is 11.5 Å². The van der Waals surface area contributed by atoms with E-state index in [-0.39, 0.29) is 17.9 Å². The van der Waals surface area contributed by atoms with Gasteiger partial charge < -0.3 is 9.47 Å². The Morgan fingerprint density at radius 1 is 1.22 bits per heavy atom. The third kappa shape index (κ3) is 5.83. The molecule has 0 saturated heterocycles. The van der Waals surface area contributed by atoms with E-state index in [1.54, 1.807) is 18.2 Å². The molecule has 0 atom stereocenters. The molecule has 0 bridgehead atoms. The van der Waals surface area contributed by atoms with Gasteiger partial charge in [-0.25, -0.2) is 5.43 Å². The number of ether oxygens (including phenoxy) is 2. The molecule has 0 radical (unpaired) electrons. The lowest BCUT2D eigenvalue weighted by molar-refractivity contribution is -0.384. The van der Waals surface area contributed by atoms with Crippen molar-refractivity contribution in [1.82, 2.24) is 5.43 Å². The Labute approximate surface area is 197 Å². The van der Waals surface area contributed by atoms with Crippen LogP contribution < -0.4 is 14.9 Å². The van der Waals surface area contributed by atoms with Crippen molar-refractivity contribution in [2.75, 3.05) is 7.11 Å². The smallest absolute Gasteiger partial charge is 0.271 e. The van der Waals surface area contributed by atoms with E-state index in [2.05, 4.69) is 26.5 Å². The summed E-state index contributed by atoms with van der Waals surface area (Å²) in [6, 6.07) is 16.2. The number of benzene rings is 3. The maximum Gasteiger partial charge on any atom is 0.271 e. The molecule has 0 spiro atoms. The lowest BCUT2D eigenvalue weighted by atomic mass is 10.2. The van der Waals surface area contributed by atoms with Gasteiger partial charge in [-0.15, -0.1) is 0 Å². The average molecular weight is 519 g/mol. The Morgan fingerprint density at radius 3 is 2.72 bits per heavy atom. The quantitative estimate of drug-likeness (QED) is 0.246. The fourth-order valence-electron chi connectivity index (χ4n) is 2.71. The largest absolute Gasteiger partial charge is 0.493 e. The predicted molar refractivity (Wildman–Crippen MR) is 125 cm³/mol. The number of methoxy groups -OCH3 is 1. The molecule has 0 saturated carbocycles. The van der Waals surface area contributed by atoms with Crippen molar-refractivity contribution in [3.05, 3.63) is 97.0 Å². The second-order valence-corrected chi connectivity index (χ2v) is 7.68. The first-order valence-electron chi connectivity index (χ1n) is 9.20. The molecule has 3 aromatic rings. The van der Waals surface area contributed by atoms with Gasteiger partial charge in [0.15, 0.2) is 11.5 Å². The zero-order valence-corrected chi connectivity index (χ0v) is 19.1. The summed E-state index contributed by atoms with van der Waals surface area (Å²) in [5.74, 6) is 0.374. The Hall–Kier alpha value is -3.43. The van der Waals surface area contributed by atoms with Crippen LogP contribution in [0.3, 0.4) is 0 Å². The van der Waals surface area contributed by atoms with Crippen molar-refractivity contribution in [3.63, 3.8) is 0 Å². The number of carbonyl (C=O) groups is 1. The molecule has 0 aliphatic carbocycles. The van der Waals surface area contributed by atoms with Crippen molar-refractivity contribution < 1.29 is 19.2 Å². The predicted octanol–water partition coefficient (Wildman–Crippen LogP) is 5.36. The van der Waals surface area contributed by atoms with Crippen LogP contribution in [-0.2, 0) is 6.61 Å². The summed E-state index contributed by atoms with van der Waals surface area (Å²) in [6.45, 7) is 0.251. The van der Waals surface area contributed by atoms with Gasteiger partial charge >= 0.3 is 0 Å². The number of hydrazone groups is 1. The first-order chi connectivity index (χ1) is 15.4. The number of amides is 1. The van der Waals surface area contributed by atoms with Crippen LogP contribution in [-0.4, -0.2) is 24.2 Å². The van der Waals surface area contributed by atoms with Gasteiger partial charge in [0.1, 0.15) is 6.61 Å². The minimum Gasteiger partial charge on any atom is -0.493 e. The number of nitro groups is 1. The molecule has 0 fully saturated rings. The summed E-state index contributed by atoms with van der Waals surface area (Å²) in [7, 11) is 1.51. The molecule has 3 rings (SSSR count). The van der Waals surface area contributed by atoms with Crippen LogP contribution in [0.15, 0.2) is 70.2 Å². The number of nitrogens with zero attached hydrogens (tertiary/aromatic N) is 2. The summed E-state index contributed by atoms with van der Waals surface area (Å²) in [5, 5.41) is 15.4. The number of halogens is 2. The first kappa shape index (κ1) is 23.2. The van der Waals surface area contributed by atoms with Gasteiger partial charge in [-0.3, -0.25) is 14.9 Å². The number of hydrogen-bond donors (Lipinski definition) is 1. The van der Waals surface area contributed by atoms with E-state index in [1.165, 1.54) is 37.6 Å². The summed E-state index contributed by atoms with van der Waals surface area (Å²) >= 11 is 9.63. The third-order valence-electron chi connectivity index (χ3n) is 4.28. The Bertz CT molecular complexity index is 1190. The molecular weight excluding hydrogens is 502 g/mol. The van der Waals surface area contributed by atoms with E-state index in [0.717, 1.165) is 5.56 Å². The monoisotopic (exact) mass is 517 g/mol. The van der Waals surface area contributed by atoms with Crippen molar-refractivity contribution in [2.45, 2.75) is 6.61 Å². The zero-order valence-electron chi connectivity index (χ0n) is 16.7. The summed E-state index contributed by atoms with van der Waals surface area (Å²) < 4.78 is 11.9. The second kappa shape index (κ2) is 10.7. The van der Waals surface area contributed by atoms with Crippen LogP contribution in [0.25, 0.3) is 0 Å². The maximum atomic E-state index is 12.2. The lowest BCUT2D eigenvalue weighted by Crippen LogP contribution is -2.17. The highest BCUT2D eigenvalue weighted by Gasteiger charge is 2.13. The van der Waals surface area contributed by atoms with Gasteiger partial charge in [-0.1, -0.05) is 35.9 Å². The topological polar surface area (TPSA) is 103 Å². The number of carbonyl (C=O) groups excluding carboxylic acids is 1. The standard InChI is InChI=1S/C22H17BrClN3O5/c1-31-20-10-14(9-18(23)21(20)32-13-16-5-2-3-8-19(16)24)12-25-26-22(28)15-6-4-7-17(11-15)27(29)30/h2-12H,13H2,1H3,(H,26,28). The van der Waals surface area contributed by atoms with E-state index in [1.807, 2.05) is 18.2 Å². The zero-order chi connectivity index (χ0) is 23.1. The SMILES string of the molecule is COc1cc(C=NNC(=O)c2cccc([N+](=O)[O-])c2)cc(Br)c1OCc1ccccc1Cl. The van der Waals surface area contributed by atoms with E-state index >= 15 is 0 Å². The van der Waals surface area contributed by atoms with Crippen LogP contribution in [0.1, 0.15) is 21.5 Å². The van der Waals surface area contributed by atoms with Crippen LogP contribution in [0.4, 0.5) is 5.69 Å². The molecule has 164 valence electrons. The van der Waals surface area contributed by atoms with Crippen molar-refractivity contribution in [2.24, 2.45) is 5.10 Å². The van der Waals surface area contributed by atoms with Gasteiger partial charge in [0.05, 0.1) is 22.7 Å². The van der Waals surface area contributed by atoms with Gasteiger partial charge in [-0.05, 0) is 45.8 Å². The molecule has 32 heavy (non-hydrogen) atoms. The number of nitro benzene ring substituents is 1. The van der Waals surface area contributed by atoms with E-state index < -0.39 is 10.8 Å². The molecule has 0 aliphatic heterocycles. The second-order valence-electron chi connectivity index (χ2n) is 6.42.